The summed E-state index contributed by atoms with van der Waals surface area (Å²) in [6, 6.07) is 14.3. The minimum atomic E-state index is 0.0121. The van der Waals surface area contributed by atoms with E-state index in [0.717, 1.165) is 24.8 Å². The molecule has 0 bridgehead atoms. The Kier molecular flexibility index (Phi) is 10.1. The van der Waals surface area contributed by atoms with Crippen molar-refractivity contribution >= 4 is 23.2 Å². The van der Waals surface area contributed by atoms with Crippen LogP contribution in [0, 0.1) is 12.8 Å². The summed E-state index contributed by atoms with van der Waals surface area (Å²) in [6.45, 7) is 10.4. The second kappa shape index (κ2) is 12.5. The molecule has 0 saturated carbocycles. The molecule has 0 aliphatic heterocycles. The molecule has 2 aromatic rings. The molecule has 2 rings (SSSR count). The topological polar surface area (TPSA) is 40.6 Å². The van der Waals surface area contributed by atoms with Crippen LogP contribution in [-0.2, 0) is 22.7 Å². The van der Waals surface area contributed by atoms with E-state index in [-0.39, 0.29) is 18.4 Å². The van der Waals surface area contributed by atoms with Crippen molar-refractivity contribution in [2.45, 2.75) is 66.5 Å². The smallest absolute Gasteiger partial charge is 0.242 e. The summed E-state index contributed by atoms with van der Waals surface area (Å²) in [5, 5.41) is 0. The molecule has 0 unspecified atom stereocenters. The molecular weight excluding hydrogens is 392 g/mol. The normalized spacial score (nSPS) is 11.9. The molecule has 0 saturated heterocycles. The maximum absolute atomic E-state index is 13.4. The summed E-state index contributed by atoms with van der Waals surface area (Å²) < 4.78 is 0. The molecule has 2 amide bonds. The van der Waals surface area contributed by atoms with Gasteiger partial charge < -0.3 is 9.80 Å². The summed E-state index contributed by atoms with van der Waals surface area (Å²) >= 11 is 1.72. The molecule has 1 heterocycles. The maximum atomic E-state index is 13.4. The molecule has 30 heavy (non-hydrogen) atoms. The van der Waals surface area contributed by atoms with E-state index in [0.29, 0.717) is 32.0 Å². The lowest BCUT2D eigenvalue weighted by Crippen LogP contribution is -2.44. The van der Waals surface area contributed by atoms with E-state index in [1.54, 1.807) is 16.2 Å². The van der Waals surface area contributed by atoms with E-state index in [1.807, 2.05) is 35.2 Å². The Morgan fingerprint density at radius 2 is 1.70 bits per heavy atom. The number of hydrogen-bond donors (Lipinski definition) is 0. The number of rotatable bonds is 12. The first-order valence-corrected chi connectivity index (χ1v) is 11.9. The highest BCUT2D eigenvalue weighted by molar-refractivity contribution is 7.11. The van der Waals surface area contributed by atoms with Crippen molar-refractivity contribution in [1.82, 2.24) is 9.80 Å². The first-order valence-electron chi connectivity index (χ1n) is 11.1. The van der Waals surface area contributed by atoms with E-state index >= 15 is 0 Å². The summed E-state index contributed by atoms with van der Waals surface area (Å²) in [5.74, 6) is 0.487. The molecule has 0 radical (unpaired) electrons. The van der Waals surface area contributed by atoms with Crippen LogP contribution in [0.5, 0.6) is 0 Å². The van der Waals surface area contributed by atoms with Gasteiger partial charge in [0.15, 0.2) is 0 Å². The van der Waals surface area contributed by atoms with Crippen molar-refractivity contribution < 1.29 is 9.59 Å². The van der Waals surface area contributed by atoms with Crippen molar-refractivity contribution in [3.8, 4) is 0 Å². The van der Waals surface area contributed by atoms with E-state index < -0.39 is 0 Å². The Morgan fingerprint density at radius 3 is 2.30 bits per heavy atom. The zero-order valence-corrected chi connectivity index (χ0v) is 19.7. The summed E-state index contributed by atoms with van der Waals surface area (Å²) in [4.78, 5) is 32.2. The first-order chi connectivity index (χ1) is 14.4. The van der Waals surface area contributed by atoms with Crippen LogP contribution in [-0.4, -0.2) is 34.7 Å². The molecule has 5 heteroatoms. The number of nitrogens with zero attached hydrogens (tertiary/aromatic N) is 2. The van der Waals surface area contributed by atoms with Gasteiger partial charge in [0.25, 0.3) is 0 Å². The number of benzene rings is 1. The van der Waals surface area contributed by atoms with Crippen molar-refractivity contribution in [2.75, 3.05) is 13.1 Å². The van der Waals surface area contributed by atoms with Crippen LogP contribution >= 0.6 is 11.3 Å². The molecule has 0 N–H and O–H groups in total. The summed E-state index contributed by atoms with van der Waals surface area (Å²) in [5.41, 5.74) is 1.10. The van der Waals surface area contributed by atoms with Gasteiger partial charge >= 0.3 is 0 Å². The lowest BCUT2D eigenvalue weighted by atomic mass is 10.1. The number of carbonyl (C=O) groups excluding carboxylic acids is 2. The summed E-state index contributed by atoms with van der Waals surface area (Å²) in [6.07, 6.45) is 3.36. The highest BCUT2D eigenvalue weighted by Gasteiger charge is 2.23. The number of hydrogen-bond acceptors (Lipinski definition) is 3. The third-order valence-corrected chi connectivity index (χ3v) is 6.35. The highest BCUT2D eigenvalue weighted by atomic mass is 32.1. The average molecular weight is 429 g/mol. The van der Waals surface area contributed by atoms with Gasteiger partial charge in [0.2, 0.25) is 11.8 Å². The maximum Gasteiger partial charge on any atom is 0.242 e. The lowest BCUT2D eigenvalue weighted by Gasteiger charge is -2.29. The van der Waals surface area contributed by atoms with E-state index in [2.05, 4.69) is 39.8 Å². The standard InChI is InChI=1S/C25H36N2O2S/c1-5-7-13-24(28)26(16-20(3)6-2)19-25(29)27(17-22-11-9-8-10-12-22)18-23-15-14-21(4)30-23/h8-12,14-15,20H,5-7,13,16-19H2,1-4H3/t20-/m0/s1. The number of unbranched alkanes of at least 4 members (excludes halogenated alkanes) is 1. The third kappa shape index (κ3) is 7.94. The molecular formula is C25H36N2O2S. The predicted molar refractivity (Wildman–Crippen MR) is 125 cm³/mol. The minimum Gasteiger partial charge on any atom is -0.333 e. The van der Waals surface area contributed by atoms with Crippen molar-refractivity contribution in [3.05, 3.63) is 57.8 Å². The van der Waals surface area contributed by atoms with Gasteiger partial charge in [-0.25, -0.2) is 0 Å². The Balaban J connectivity index is 2.16. The van der Waals surface area contributed by atoms with Gasteiger partial charge in [-0.3, -0.25) is 9.59 Å². The van der Waals surface area contributed by atoms with Gasteiger partial charge in [0.05, 0.1) is 13.1 Å². The molecule has 1 aromatic heterocycles. The Hall–Kier alpha value is -2.14. The fourth-order valence-corrected chi connectivity index (χ4v) is 4.21. The van der Waals surface area contributed by atoms with Crippen molar-refractivity contribution in [1.29, 1.82) is 0 Å². The minimum absolute atomic E-state index is 0.0121. The van der Waals surface area contributed by atoms with E-state index in [1.165, 1.54) is 9.75 Å². The van der Waals surface area contributed by atoms with Gasteiger partial charge in [-0.05, 0) is 37.0 Å². The largest absolute Gasteiger partial charge is 0.333 e. The fraction of sp³-hybridized carbons (Fsp3) is 0.520. The van der Waals surface area contributed by atoms with Crippen molar-refractivity contribution in [3.63, 3.8) is 0 Å². The van der Waals surface area contributed by atoms with Gasteiger partial charge in [-0.2, -0.15) is 0 Å². The van der Waals surface area contributed by atoms with Crippen LogP contribution in [0.2, 0.25) is 0 Å². The third-order valence-electron chi connectivity index (χ3n) is 5.36. The second-order valence-electron chi connectivity index (χ2n) is 8.14. The number of amides is 2. The molecule has 4 nitrogen and oxygen atoms in total. The zero-order chi connectivity index (χ0) is 21.9. The molecule has 0 fully saturated rings. The highest BCUT2D eigenvalue weighted by Crippen LogP contribution is 2.19. The zero-order valence-electron chi connectivity index (χ0n) is 18.9. The Bertz CT molecular complexity index is 787. The second-order valence-corrected chi connectivity index (χ2v) is 9.51. The van der Waals surface area contributed by atoms with Crippen LogP contribution < -0.4 is 0 Å². The van der Waals surface area contributed by atoms with Crippen LogP contribution in [0.3, 0.4) is 0 Å². The first kappa shape index (κ1) is 24.1. The van der Waals surface area contributed by atoms with Crippen molar-refractivity contribution in [2.24, 2.45) is 5.92 Å². The fourth-order valence-electron chi connectivity index (χ4n) is 3.30. The summed E-state index contributed by atoms with van der Waals surface area (Å²) in [7, 11) is 0. The van der Waals surface area contributed by atoms with Gasteiger partial charge in [0.1, 0.15) is 0 Å². The molecule has 0 aliphatic rings. The number of carbonyl (C=O) groups is 2. The van der Waals surface area contributed by atoms with E-state index in [4.69, 9.17) is 0 Å². The molecule has 0 aliphatic carbocycles. The van der Waals surface area contributed by atoms with Gasteiger partial charge in [0, 0.05) is 29.3 Å². The molecule has 1 atom stereocenters. The molecule has 164 valence electrons. The quantitative estimate of drug-likeness (QED) is 0.438. The van der Waals surface area contributed by atoms with Gasteiger partial charge in [-0.1, -0.05) is 63.9 Å². The van der Waals surface area contributed by atoms with Gasteiger partial charge in [-0.15, -0.1) is 11.3 Å². The molecule has 0 spiro atoms. The lowest BCUT2D eigenvalue weighted by molar-refractivity contribution is -0.141. The average Bonchev–Trinajstić information content (AvgIpc) is 3.16. The Labute approximate surface area is 185 Å². The molecule has 1 aromatic carbocycles. The van der Waals surface area contributed by atoms with Crippen LogP contribution in [0.15, 0.2) is 42.5 Å². The number of thiophene rings is 1. The number of aryl methyl sites for hydroxylation is 1. The monoisotopic (exact) mass is 428 g/mol. The Morgan fingerprint density at radius 1 is 0.967 bits per heavy atom. The van der Waals surface area contributed by atoms with Crippen LogP contribution in [0.4, 0.5) is 0 Å². The SMILES string of the molecule is CCCCC(=O)N(CC(=O)N(Cc1ccccc1)Cc1ccc(C)s1)C[C@@H](C)CC. The van der Waals surface area contributed by atoms with Crippen LogP contribution in [0.25, 0.3) is 0 Å². The van der Waals surface area contributed by atoms with E-state index in [9.17, 15) is 9.59 Å². The predicted octanol–water partition coefficient (Wildman–Crippen LogP) is 5.65. The van der Waals surface area contributed by atoms with Crippen LogP contribution in [0.1, 0.15) is 61.8 Å².